The summed E-state index contributed by atoms with van der Waals surface area (Å²) >= 11 is 1.92. The lowest BCUT2D eigenvalue weighted by molar-refractivity contribution is 0.0905. The lowest BCUT2D eigenvalue weighted by atomic mass is 10.1. The smallest absolute Gasteiger partial charge is 0.0697 e. The summed E-state index contributed by atoms with van der Waals surface area (Å²) in [5, 5.41) is 12.1. The van der Waals surface area contributed by atoms with E-state index in [4.69, 9.17) is 9.84 Å². The number of aliphatic hydroxyl groups excluding tert-OH is 1. The highest BCUT2D eigenvalue weighted by Crippen LogP contribution is 2.37. The maximum Gasteiger partial charge on any atom is 0.0697 e. The minimum absolute atomic E-state index is 0.111. The van der Waals surface area contributed by atoms with Crippen LogP contribution in [0.15, 0.2) is 29.2 Å². The molecule has 0 saturated carbocycles. The van der Waals surface area contributed by atoms with Crippen molar-refractivity contribution in [2.24, 2.45) is 0 Å². The highest BCUT2D eigenvalue weighted by Gasteiger charge is 2.21. The van der Waals surface area contributed by atoms with E-state index in [2.05, 4.69) is 29.6 Å². The summed E-state index contributed by atoms with van der Waals surface area (Å²) in [5.41, 5.74) is 1.42. The second-order valence-electron chi connectivity index (χ2n) is 4.05. The molecule has 17 heavy (non-hydrogen) atoms. The van der Waals surface area contributed by atoms with Crippen molar-refractivity contribution in [1.29, 1.82) is 0 Å². The lowest BCUT2D eigenvalue weighted by Gasteiger charge is -2.13. The van der Waals surface area contributed by atoms with Gasteiger partial charge in [0.15, 0.2) is 0 Å². The monoisotopic (exact) mass is 253 g/mol. The molecule has 1 atom stereocenters. The molecule has 0 radical (unpaired) electrons. The van der Waals surface area contributed by atoms with Crippen LogP contribution in [-0.4, -0.2) is 37.2 Å². The number of benzene rings is 1. The van der Waals surface area contributed by atoms with Crippen LogP contribution in [0.1, 0.15) is 18.0 Å². The molecule has 0 fully saturated rings. The molecule has 94 valence electrons. The normalized spacial score (nSPS) is 18.3. The first-order chi connectivity index (χ1) is 8.42. The number of ether oxygens (including phenoxy) is 1. The van der Waals surface area contributed by atoms with Gasteiger partial charge in [0.1, 0.15) is 0 Å². The molecule has 1 aromatic carbocycles. The van der Waals surface area contributed by atoms with Gasteiger partial charge < -0.3 is 15.2 Å². The molecule has 0 aromatic heterocycles. The standard InChI is InChI=1S/C13H19NO2S/c15-7-9-16-8-3-6-14-12-10-17-13-5-2-1-4-11(12)13/h1-2,4-5,12,14-15H,3,6-10H2. The third-order valence-corrected chi connectivity index (χ3v) is 3.97. The molecular formula is C13H19NO2S. The number of aliphatic hydroxyl groups is 1. The van der Waals surface area contributed by atoms with Crippen molar-refractivity contribution < 1.29 is 9.84 Å². The van der Waals surface area contributed by atoms with E-state index >= 15 is 0 Å². The Morgan fingerprint density at radius 3 is 3.12 bits per heavy atom. The molecule has 2 N–H and O–H groups in total. The van der Waals surface area contributed by atoms with E-state index < -0.39 is 0 Å². The van der Waals surface area contributed by atoms with Crippen molar-refractivity contribution in [3.05, 3.63) is 29.8 Å². The Labute approximate surface area is 107 Å². The SMILES string of the molecule is OCCOCCCNC1CSc2ccccc21. The summed E-state index contributed by atoms with van der Waals surface area (Å²) in [6.07, 6.45) is 0.989. The third-order valence-electron chi connectivity index (χ3n) is 2.79. The van der Waals surface area contributed by atoms with Crippen LogP contribution in [0.25, 0.3) is 0 Å². The van der Waals surface area contributed by atoms with Gasteiger partial charge in [0.05, 0.1) is 13.2 Å². The van der Waals surface area contributed by atoms with E-state index in [0.29, 0.717) is 12.6 Å². The van der Waals surface area contributed by atoms with E-state index in [1.54, 1.807) is 0 Å². The average molecular weight is 253 g/mol. The highest BCUT2D eigenvalue weighted by molar-refractivity contribution is 7.99. The molecule has 1 aliphatic rings. The highest BCUT2D eigenvalue weighted by atomic mass is 32.2. The van der Waals surface area contributed by atoms with E-state index in [9.17, 15) is 0 Å². The van der Waals surface area contributed by atoms with Crippen LogP contribution in [0.4, 0.5) is 0 Å². The maximum absolute atomic E-state index is 8.56. The summed E-state index contributed by atoms with van der Waals surface area (Å²) in [7, 11) is 0. The van der Waals surface area contributed by atoms with Gasteiger partial charge in [-0.1, -0.05) is 18.2 Å². The number of fused-ring (bicyclic) bond motifs is 1. The molecule has 4 heteroatoms. The van der Waals surface area contributed by atoms with Crippen LogP contribution in [0.3, 0.4) is 0 Å². The second kappa shape index (κ2) is 7.01. The number of nitrogens with one attached hydrogen (secondary N) is 1. The van der Waals surface area contributed by atoms with Gasteiger partial charge in [-0.05, 0) is 24.6 Å². The quantitative estimate of drug-likeness (QED) is 0.727. The van der Waals surface area contributed by atoms with E-state index in [0.717, 1.165) is 25.3 Å². The van der Waals surface area contributed by atoms with Gasteiger partial charge in [0.2, 0.25) is 0 Å². The Bertz CT molecular complexity index is 346. The van der Waals surface area contributed by atoms with Gasteiger partial charge in [0.25, 0.3) is 0 Å². The fourth-order valence-corrected chi connectivity index (χ4v) is 3.14. The van der Waals surface area contributed by atoms with Gasteiger partial charge in [-0.15, -0.1) is 11.8 Å². The van der Waals surface area contributed by atoms with Crippen molar-refractivity contribution in [2.45, 2.75) is 17.4 Å². The third kappa shape index (κ3) is 3.71. The first kappa shape index (κ1) is 12.9. The Balaban J connectivity index is 1.68. The topological polar surface area (TPSA) is 41.5 Å². The van der Waals surface area contributed by atoms with E-state index in [1.807, 2.05) is 11.8 Å². The van der Waals surface area contributed by atoms with Gasteiger partial charge >= 0.3 is 0 Å². The predicted octanol–water partition coefficient (Wildman–Crippen LogP) is 1.82. The largest absolute Gasteiger partial charge is 0.394 e. The Morgan fingerprint density at radius 2 is 2.24 bits per heavy atom. The fourth-order valence-electron chi connectivity index (χ4n) is 1.95. The number of hydrogen-bond acceptors (Lipinski definition) is 4. The lowest BCUT2D eigenvalue weighted by Crippen LogP contribution is -2.23. The zero-order chi connectivity index (χ0) is 11.9. The van der Waals surface area contributed by atoms with Crippen molar-refractivity contribution >= 4 is 11.8 Å². The second-order valence-corrected chi connectivity index (χ2v) is 5.11. The zero-order valence-electron chi connectivity index (χ0n) is 9.89. The molecular weight excluding hydrogens is 234 g/mol. The van der Waals surface area contributed by atoms with Crippen LogP contribution in [0.5, 0.6) is 0 Å². The minimum atomic E-state index is 0.111. The van der Waals surface area contributed by atoms with Gasteiger partial charge in [0, 0.05) is 23.3 Å². The maximum atomic E-state index is 8.56. The van der Waals surface area contributed by atoms with Crippen LogP contribution in [0, 0.1) is 0 Å². The Kier molecular flexibility index (Phi) is 5.32. The minimum Gasteiger partial charge on any atom is -0.394 e. The molecule has 1 heterocycles. The van der Waals surface area contributed by atoms with Crippen molar-refractivity contribution in [2.75, 3.05) is 32.1 Å². The van der Waals surface area contributed by atoms with Crippen LogP contribution < -0.4 is 5.32 Å². The summed E-state index contributed by atoms with van der Waals surface area (Å²) in [6, 6.07) is 9.07. The summed E-state index contributed by atoms with van der Waals surface area (Å²) < 4.78 is 5.22. The summed E-state index contributed by atoms with van der Waals surface area (Å²) in [6.45, 7) is 2.24. The fraction of sp³-hybridized carbons (Fsp3) is 0.538. The van der Waals surface area contributed by atoms with Gasteiger partial charge in [-0.25, -0.2) is 0 Å². The molecule has 0 spiro atoms. The van der Waals surface area contributed by atoms with Crippen LogP contribution in [-0.2, 0) is 4.74 Å². The Morgan fingerprint density at radius 1 is 1.35 bits per heavy atom. The molecule has 1 aromatic rings. The van der Waals surface area contributed by atoms with E-state index in [1.165, 1.54) is 10.5 Å². The Hall–Kier alpha value is -0.550. The van der Waals surface area contributed by atoms with Gasteiger partial charge in [-0.2, -0.15) is 0 Å². The molecule has 2 rings (SSSR count). The molecule has 1 aliphatic heterocycles. The first-order valence-corrected chi connectivity index (χ1v) is 7.04. The van der Waals surface area contributed by atoms with Crippen LogP contribution in [0.2, 0.25) is 0 Å². The number of thioether (sulfide) groups is 1. The molecule has 0 saturated heterocycles. The predicted molar refractivity (Wildman–Crippen MR) is 70.4 cm³/mol. The summed E-state index contributed by atoms with van der Waals surface area (Å²) in [5.74, 6) is 1.12. The van der Waals surface area contributed by atoms with Crippen molar-refractivity contribution in [1.82, 2.24) is 5.32 Å². The van der Waals surface area contributed by atoms with E-state index in [-0.39, 0.29) is 6.61 Å². The van der Waals surface area contributed by atoms with Crippen molar-refractivity contribution in [3.63, 3.8) is 0 Å². The molecule has 3 nitrogen and oxygen atoms in total. The number of rotatable bonds is 7. The summed E-state index contributed by atoms with van der Waals surface area (Å²) in [4.78, 5) is 1.40. The molecule has 0 amide bonds. The molecule has 1 unspecified atom stereocenters. The molecule has 0 bridgehead atoms. The average Bonchev–Trinajstić information content (AvgIpc) is 2.77. The van der Waals surface area contributed by atoms with Crippen LogP contribution >= 0.6 is 11.8 Å². The molecule has 0 aliphatic carbocycles. The first-order valence-electron chi connectivity index (χ1n) is 6.05. The zero-order valence-corrected chi connectivity index (χ0v) is 10.7. The van der Waals surface area contributed by atoms with Gasteiger partial charge in [-0.3, -0.25) is 0 Å². The number of hydrogen-bond donors (Lipinski definition) is 2. The van der Waals surface area contributed by atoms with Crippen molar-refractivity contribution in [3.8, 4) is 0 Å².